The largest absolute Gasteiger partial charge is 0.505 e. The van der Waals surface area contributed by atoms with Crippen molar-refractivity contribution in [2.75, 3.05) is 18.9 Å². The van der Waals surface area contributed by atoms with Crippen LogP contribution in [0.2, 0.25) is 0 Å². The normalized spacial score (nSPS) is 11.1. The predicted molar refractivity (Wildman–Crippen MR) is 87.1 cm³/mol. The molecule has 0 saturated heterocycles. The van der Waals surface area contributed by atoms with E-state index in [4.69, 9.17) is 15.2 Å². The highest BCUT2D eigenvalue weighted by Crippen LogP contribution is 2.38. The van der Waals surface area contributed by atoms with E-state index in [-0.39, 0.29) is 23.5 Å². The number of phenols is 1. The number of ether oxygens (including phenoxy) is 2. The molecule has 0 saturated carbocycles. The van der Waals surface area contributed by atoms with Gasteiger partial charge in [0.05, 0.1) is 18.9 Å². The van der Waals surface area contributed by atoms with Crippen LogP contribution >= 0.6 is 0 Å². The van der Waals surface area contributed by atoms with Gasteiger partial charge in [0.1, 0.15) is 11.5 Å². The van der Waals surface area contributed by atoms with E-state index in [1.807, 2.05) is 20.8 Å². The lowest BCUT2D eigenvalue weighted by Crippen LogP contribution is -2.13. The minimum atomic E-state index is -0.399. The second-order valence-electron chi connectivity index (χ2n) is 6.28. The molecule has 0 aliphatic rings. The summed E-state index contributed by atoms with van der Waals surface area (Å²) in [5.41, 5.74) is 6.97. The highest BCUT2D eigenvalue weighted by Gasteiger charge is 2.21. The first-order chi connectivity index (χ1) is 10.1. The quantitative estimate of drug-likeness (QED) is 0.277. The van der Waals surface area contributed by atoms with E-state index in [2.05, 4.69) is 6.58 Å². The molecule has 0 aliphatic carbocycles. The number of aromatic hydroxyl groups is 1. The number of benzene rings is 1. The monoisotopic (exact) mass is 307 g/mol. The molecular formula is C17H25NO4. The van der Waals surface area contributed by atoms with Crippen LogP contribution in [0.1, 0.15) is 39.7 Å². The summed E-state index contributed by atoms with van der Waals surface area (Å²) in [5.74, 6) is 0.283. The number of esters is 1. The van der Waals surface area contributed by atoms with Gasteiger partial charge in [-0.05, 0) is 18.4 Å². The average Bonchev–Trinajstić information content (AvgIpc) is 2.40. The molecule has 3 N–H and O–H groups in total. The second-order valence-corrected chi connectivity index (χ2v) is 6.28. The Morgan fingerprint density at radius 2 is 1.95 bits per heavy atom. The summed E-state index contributed by atoms with van der Waals surface area (Å²) in [4.78, 5) is 11.2. The maximum absolute atomic E-state index is 11.2. The van der Waals surface area contributed by atoms with Crippen molar-refractivity contribution in [1.29, 1.82) is 0 Å². The molecule has 0 atom stereocenters. The fourth-order valence-electron chi connectivity index (χ4n) is 1.82. The van der Waals surface area contributed by atoms with Crippen molar-refractivity contribution in [3.8, 4) is 11.5 Å². The van der Waals surface area contributed by atoms with E-state index in [0.717, 1.165) is 5.56 Å². The summed E-state index contributed by atoms with van der Waals surface area (Å²) in [6.07, 6.45) is 0.560. The molecule has 0 amide bonds. The molecule has 0 unspecified atom stereocenters. The van der Waals surface area contributed by atoms with Crippen molar-refractivity contribution in [3.05, 3.63) is 29.8 Å². The third-order valence-corrected chi connectivity index (χ3v) is 3.06. The van der Waals surface area contributed by atoms with Gasteiger partial charge in [0.25, 0.3) is 0 Å². The lowest BCUT2D eigenvalue weighted by Gasteiger charge is -2.22. The lowest BCUT2D eigenvalue weighted by atomic mass is 9.86. The van der Waals surface area contributed by atoms with Crippen LogP contribution < -0.4 is 10.5 Å². The Bertz CT molecular complexity index is 559. The predicted octanol–water partition coefficient (Wildman–Crippen LogP) is 3.16. The molecule has 1 aromatic rings. The molecule has 5 nitrogen and oxygen atoms in total. The standard InChI is InChI=1S/C17H25NO4/c1-11(2)16(20)22-8-6-7-21-12-9-13(17(3,4)5)15(19)14(18)10-12/h9-10,19H,1,6-8,18H2,2-5H3. The summed E-state index contributed by atoms with van der Waals surface area (Å²) < 4.78 is 10.6. The third-order valence-electron chi connectivity index (χ3n) is 3.06. The van der Waals surface area contributed by atoms with Gasteiger partial charge >= 0.3 is 5.97 Å². The summed E-state index contributed by atoms with van der Waals surface area (Å²) in [6.45, 7) is 11.7. The Hall–Kier alpha value is -2.17. The van der Waals surface area contributed by atoms with Gasteiger partial charge in [-0.3, -0.25) is 0 Å². The zero-order valence-corrected chi connectivity index (χ0v) is 13.7. The van der Waals surface area contributed by atoms with Gasteiger partial charge in [0.15, 0.2) is 0 Å². The SMILES string of the molecule is C=C(C)C(=O)OCCCOc1cc(N)c(O)c(C(C)(C)C)c1. The number of phenolic OH excluding ortho intramolecular Hbond substituents is 1. The van der Waals surface area contributed by atoms with Crippen LogP contribution in [-0.2, 0) is 14.9 Å². The second kappa shape index (κ2) is 7.20. The van der Waals surface area contributed by atoms with E-state index < -0.39 is 5.97 Å². The highest BCUT2D eigenvalue weighted by atomic mass is 16.5. The number of carbonyl (C=O) groups excluding carboxylic acids is 1. The van der Waals surface area contributed by atoms with Gasteiger partial charge in [-0.15, -0.1) is 0 Å². The molecule has 22 heavy (non-hydrogen) atoms. The minimum Gasteiger partial charge on any atom is -0.505 e. The highest BCUT2D eigenvalue weighted by molar-refractivity contribution is 5.86. The van der Waals surface area contributed by atoms with Gasteiger partial charge in [0.2, 0.25) is 0 Å². The molecule has 0 fully saturated rings. The first-order valence-corrected chi connectivity index (χ1v) is 7.21. The number of nitrogen functional groups attached to an aromatic ring is 1. The molecule has 1 aromatic carbocycles. The Kier molecular flexibility index (Phi) is 5.85. The third kappa shape index (κ3) is 4.98. The summed E-state index contributed by atoms with van der Waals surface area (Å²) in [5, 5.41) is 10.0. The fraction of sp³-hybridized carbons (Fsp3) is 0.471. The summed E-state index contributed by atoms with van der Waals surface area (Å²) in [7, 11) is 0. The number of nitrogens with two attached hydrogens (primary N) is 1. The van der Waals surface area contributed by atoms with E-state index in [9.17, 15) is 9.90 Å². The zero-order chi connectivity index (χ0) is 16.9. The molecule has 0 radical (unpaired) electrons. The van der Waals surface area contributed by atoms with Crippen LogP contribution in [0, 0.1) is 0 Å². The van der Waals surface area contributed by atoms with Gasteiger partial charge in [0, 0.05) is 23.6 Å². The van der Waals surface area contributed by atoms with Gasteiger partial charge < -0.3 is 20.3 Å². The Morgan fingerprint density at radius 1 is 1.32 bits per heavy atom. The minimum absolute atomic E-state index is 0.0928. The van der Waals surface area contributed by atoms with Crippen LogP contribution in [-0.4, -0.2) is 24.3 Å². The van der Waals surface area contributed by atoms with Crippen molar-refractivity contribution < 1.29 is 19.4 Å². The van der Waals surface area contributed by atoms with E-state index in [0.29, 0.717) is 24.4 Å². The fourth-order valence-corrected chi connectivity index (χ4v) is 1.82. The van der Waals surface area contributed by atoms with Crippen molar-refractivity contribution in [2.24, 2.45) is 0 Å². The van der Waals surface area contributed by atoms with Crippen LogP contribution in [0.25, 0.3) is 0 Å². The van der Waals surface area contributed by atoms with Gasteiger partial charge in [-0.1, -0.05) is 27.4 Å². The first kappa shape index (κ1) is 17.9. The maximum atomic E-state index is 11.2. The maximum Gasteiger partial charge on any atom is 0.333 e. The number of rotatable bonds is 6. The molecule has 0 aliphatic heterocycles. The number of anilines is 1. The molecule has 1 rings (SSSR count). The molecule has 5 heteroatoms. The zero-order valence-electron chi connectivity index (χ0n) is 13.7. The number of carbonyl (C=O) groups is 1. The molecule has 0 bridgehead atoms. The molecule has 122 valence electrons. The van der Waals surface area contributed by atoms with E-state index in [1.54, 1.807) is 19.1 Å². The van der Waals surface area contributed by atoms with Crippen LogP contribution in [0.5, 0.6) is 11.5 Å². The molecule has 0 aromatic heterocycles. The lowest BCUT2D eigenvalue weighted by molar-refractivity contribution is -0.139. The Morgan fingerprint density at radius 3 is 2.50 bits per heavy atom. The van der Waals surface area contributed by atoms with Crippen molar-refractivity contribution in [1.82, 2.24) is 0 Å². The summed E-state index contributed by atoms with van der Waals surface area (Å²) in [6, 6.07) is 3.37. The smallest absolute Gasteiger partial charge is 0.333 e. The Balaban J connectivity index is 2.59. The topological polar surface area (TPSA) is 81.8 Å². The number of hydrogen-bond acceptors (Lipinski definition) is 5. The van der Waals surface area contributed by atoms with Crippen molar-refractivity contribution >= 4 is 11.7 Å². The van der Waals surface area contributed by atoms with Crippen molar-refractivity contribution in [3.63, 3.8) is 0 Å². The van der Waals surface area contributed by atoms with Gasteiger partial charge in [-0.2, -0.15) is 0 Å². The van der Waals surface area contributed by atoms with Crippen LogP contribution in [0.15, 0.2) is 24.3 Å². The van der Waals surface area contributed by atoms with Crippen LogP contribution in [0.3, 0.4) is 0 Å². The number of hydrogen-bond donors (Lipinski definition) is 2. The summed E-state index contributed by atoms with van der Waals surface area (Å²) >= 11 is 0. The first-order valence-electron chi connectivity index (χ1n) is 7.21. The molecule has 0 heterocycles. The van der Waals surface area contributed by atoms with Crippen LogP contribution in [0.4, 0.5) is 5.69 Å². The van der Waals surface area contributed by atoms with Gasteiger partial charge in [-0.25, -0.2) is 4.79 Å². The Labute approximate surface area is 131 Å². The average molecular weight is 307 g/mol. The molecular weight excluding hydrogens is 282 g/mol. The van der Waals surface area contributed by atoms with E-state index in [1.165, 1.54) is 0 Å². The van der Waals surface area contributed by atoms with Crippen molar-refractivity contribution in [2.45, 2.75) is 39.5 Å². The molecule has 0 spiro atoms. The van der Waals surface area contributed by atoms with E-state index >= 15 is 0 Å².